The Morgan fingerprint density at radius 1 is 1.52 bits per heavy atom. The normalized spacial score (nSPS) is 19.1. The third-order valence-corrected chi connectivity index (χ3v) is 5.58. The van der Waals surface area contributed by atoms with E-state index in [-0.39, 0.29) is 0 Å². The van der Waals surface area contributed by atoms with E-state index >= 15 is 0 Å². The Kier molecular flexibility index (Phi) is 4.57. The Morgan fingerprint density at radius 2 is 2.38 bits per heavy atom. The van der Waals surface area contributed by atoms with E-state index in [1.54, 1.807) is 0 Å². The van der Waals surface area contributed by atoms with Crippen LogP contribution in [0.2, 0.25) is 0 Å². The molecular formula is C15H19BrN4S. The third kappa shape index (κ3) is 3.62. The molecule has 0 aliphatic carbocycles. The van der Waals surface area contributed by atoms with Crippen molar-refractivity contribution >= 4 is 33.2 Å². The summed E-state index contributed by atoms with van der Waals surface area (Å²) in [5.41, 5.74) is 1.02. The van der Waals surface area contributed by atoms with Crippen LogP contribution in [0, 0.1) is 6.92 Å². The van der Waals surface area contributed by atoms with Crippen LogP contribution in [-0.4, -0.2) is 41.0 Å². The Bertz CT molecular complexity index is 615. The van der Waals surface area contributed by atoms with Gasteiger partial charge in [0.15, 0.2) is 0 Å². The van der Waals surface area contributed by atoms with Crippen LogP contribution in [0.25, 0.3) is 0 Å². The number of likely N-dealkylation sites (tertiary alicyclic amines) is 1. The van der Waals surface area contributed by atoms with Gasteiger partial charge >= 0.3 is 0 Å². The zero-order valence-electron chi connectivity index (χ0n) is 12.3. The van der Waals surface area contributed by atoms with E-state index < -0.39 is 0 Å². The molecule has 1 unspecified atom stereocenters. The Labute approximate surface area is 138 Å². The van der Waals surface area contributed by atoms with Crippen LogP contribution in [0.4, 0.5) is 5.95 Å². The van der Waals surface area contributed by atoms with Gasteiger partial charge in [-0.25, -0.2) is 9.97 Å². The highest BCUT2D eigenvalue weighted by atomic mass is 79.9. The number of halogens is 1. The first-order chi connectivity index (χ1) is 10.1. The van der Waals surface area contributed by atoms with Gasteiger partial charge in [-0.15, -0.1) is 11.3 Å². The topological polar surface area (TPSA) is 32.3 Å². The summed E-state index contributed by atoms with van der Waals surface area (Å²) in [6.45, 7) is 5.25. The Morgan fingerprint density at radius 3 is 3.10 bits per heavy atom. The van der Waals surface area contributed by atoms with E-state index in [2.05, 4.69) is 54.2 Å². The van der Waals surface area contributed by atoms with E-state index in [1.165, 1.54) is 15.8 Å². The van der Waals surface area contributed by atoms with E-state index in [0.717, 1.165) is 31.3 Å². The van der Waals surface area contributed by atoms with Crippen molar-refractivity contribution in [1.29, 1.82) is 0 Å². The first-order valence-corrected chi connectivity index (χ1v) is 8.77. The number of thiophene rings is 1. The maximum Gasteiger partial charge on any atom is 0.225 e. The van der Waals surface area contributed by atoms with Gasteiger partial charge in [0, 0.05) is 59.3 Å². The highest BCUT2D eigenvalue weighted by Crippen LogP contribution is 2.24. The van der Waals surface area contributed by atoms with E-state index in [1.807, 2.05) is 30.5 Å². The average Bonchev–Trinajstić information content (AvgIpc) is 3.08. The van der Waals surface area contributed by atoms with Gasteiger partial charge in [0.2, 0.25) is 5.95 Å². The monoisotopic (exact) mass is 366 g/mol. The standard InChI is InChI=1S/C15H19BrN4S/c1-11-3-5-17-15(18-11)19(2)13-4-6-20(8-13)9-14-7-12(16)10-21-14/h3,5,7,10,13H,4,6,8-9H2,1-2H3. The number of nitrogens with zero attached hydrogens (tertiary/aromatic N) is 4. The van der Waals surface area contributed by atoms with Crippen LogP contribution in [0.1, 0.15) is 17.0 Å². The fraction of sp³-hybridized carbons (Fsp3) is 0.467. The van der Waals surface area contributed by atoms with Gasteiger partial charge < -0.3 is 4.90 Å². The first-order valence-electron chi connectivity index (χ1n) is 7.09. The maximum absolute atomic E-state index is 4.52. The van der Waals surface area contributed by atoms with Crippen molar-refractivity contribution in [3.63, 3.8) is 0 Å². The summed E-state index contributed by atoms with van der Waals surface area (Å²) in [5.74, 6) is 0.834. The molecule has 6 heteroatoms. The Balaban J connectivity index is 1.61. The second kappa shape index (κ2) is 6.42. The lowest BCUT2D eigenvalue weighted by molar-refractivity contribution is 0.328. The highest BCUT2D eigenvalue weighted by Gasteiger charge is 2.27. The lowest BCUT2D eigenvalue weighted by Crippen LogP contribution is -2.35. The molecule has 0 amide bonds. The number of aromatic nitrogens is 2. The molecule has 0 radical (unpaired) electrons. The molecule has 0 N–H and O–H groups in total. The predicted octanol–water partition coefficient (Wildman–Crippen LogP) is 3.32. The van der Waals surface area contributed by atoms with Crippen LogP contribution >= 0.6 is 27.3 Å². The second-order valence-electron chi connectivity index (χ2n) is 5.52. The van der Waals surface area contributed by atoms with E-state index in [4.69, 9.17) is 0 Å². The fourth-order valence-electron chi connectivity index (χ4n) is 2.70. The first kappa shape index (κ1) is 14.9. The summed E-state index contributed by atoms with van der Waals surface area (Å²) >= 11 is 5.34. The van der Waals surface area contributed by atoms with Crippen LogP contribution in [-0.2, 0) is 6.54 Å². The molecule has 0 saturated carbocycles. The molecule has 0 bridgehead atoms. The minimum absolute atomic E-state index is 0.496. The van der Waals surface area contributed by atoms with Crippen molar-refractivity contribution in [1.82, 2.24) is 14.9 Å². The third-order valence-electron chi connectivity index (χ3n) is 3.89. The molecule has 0 aromatic carbocycles. The molecule has 3 heterocycles. The summed E-state index contributed by atoms with van der Waals surface area (Å²) in [6, 6.07) is 4.65. The minimum atomic E-state index is 0.496. The van der Waals surface area contributed by atoms with Crippen molar-refractivity contribution in [2.24, 2.45) is 0 Å². The second-order valence-corrected chi connectivity index (χ2v) is 7.43. The molecule has 112 valence electrons. The predicted molar refractivity (Wildman–Crippen MR) is 90.9 cm³/mol. The van der Waals surface area contributed by atoms with Gasteiger partial charge in [-0.1, -0.05) is 0 Å². The number of anilines is 1. The van der Waals surface area contributed by atoms with Crippen LogP contribution in [0.15, 0.2) is 28.2 Å². The molecule has 1 atom stereocenters. The van der Waals surface area contributed by atoms with Crippen LogP contribution in [0.5, 0.6) is 0 Å². The molecular weight excluding hydrogens is 348 g/mol. The van der Waals surface area contributed by atoms with Crippen molar-refractivity contribution in [3.8, 4) is 0 Å². The summed E-state index contributed by atoms with van der Waals surface area (Å²) in [6.07, 6.45) is 3.00. The number of aryl methyl sites for hydroxylation is 1. The van der Waals surface area contributed by atoms with Gasteiger partial charge in [0.05, 0.1) is 0 Å². The van der Waals surface area contributed by atoms with Gasteiger partial charge in [0.1, 0.15) is 0 Å². The quantitative estimate of drug-likeness (QED) is 0.830. The molecule has 1 saturated heterocycles. The highest BCUT2D eigenvalue weighted by molar-refractivity contribution is 9.10. The summed E-state index contributed by atoms with van der Waals surface area (Å²) < 4.78 is 1.18. The maximum atomic E-state index is 4.52. The SMILES string of the molecule is Cc1ccnc(N(C)C2CCN(Cc3cc(Br)cs3)C2)n1. The smallest absolute Gasteiger partial charge is 0.225 e. The molecule has 1 aliphatic heterocycles. The zero-order valence-corrected chi connectivity index (χ0v) is 14.7. The number of rotatable bonds is 4. The molecule has 3 rings (SSSR count). The number of likely N-dealkylation sites (N-methyl/N-ethyl adjacent to an activating group) is 1. The zero-order chi connectivity index (χ0) is 14.8. The number of hydrogen-bond acceptors (Lipinski definition) is 5. The van der Waals surface area contributed by atoms with Crippen LogP contribution < -0.4 is 4.90 Å². The molecule has 0 spiro atoms. The van der Waals surface area contributed by atoms with Gasteiger partial charge in [-0.3, -0.25) is 4.90 Å². The summed E-state index contributed by atoms with van der Waals surface area (Å²) in [7, 11) is 2.10. The average molecular weight is 367 g/mol. The van der Waals surface area contributed by atoms with Crippen molar-refractivity contribution < 1.29 is 0 Å². The lowest BCUT2D eigenvalue weighted by Gasteiger charge is -2.25. The molecule has 1 aliphatic rings. The van der Waals surface area contributed by atoms with Crippen LogP contribution in [0.3, 0.4) is 0 Å². The van der Waals surface area contributed by atoms with E-state index in [9.17, 15) is 0 Å². The summed E-state index contributed by atoms with van der Waals surface area (Å²) in [4.78, 5) is 15.1. The van der Waals surface area contributed by atoms with Crippen molar-refractivity contribution in [2.45, 2.75) is 25.9 Å². The van der Waals surface area contributed by atoms with Crippen molar-refractivity contribution in [3.05, 3.63) is 38.8 Å². The van der Waals surface area contributed by atoms with Gasteiger partial charge in [0.25, 0.3) is 0 Å². The van der Waals surface area contributed by atoms with Gasteiger partial charge in [-0.05, 0) is 41.4 Å². The molecule has 1 fully saturated rings. The molecule has 2 aromatic rings. The molecule has 21 heavy (non-hydrogen) atoms. The van der Waals surface area contributed by atoms with E-state index in [0.29, 0.717) is 6.04 Å². The largest absolute Gasteiger partial charge is 0.340 e. The lowest BCUT2D eigenvalue weighted by atomic mass is 10.2. The summed E-state index contributed by atoms with van der Waals surface area (Å²) in [5, 5.41) is 2.15. The molecule has 4 nitrogen and oxygen atoms in total. The fourth-order valence-corrected chi connectivity index (χ4v) is 4.19. The molecule has 2 aromatic heterocycles. The minimum Gasteiger partial charge on any atom is -0.340 e. The number of hydrogen-bond donors (Lipinski definition) is 0. The van der Waals surface area contributed by atoms with Gasteiger partial charge in [-0.2, -0.15) is 0 Å². The Hall–Kier alpha value is -0.980. The van der Waals surface area contributed by atoms with Crippen molar-refractivity contribution in [2.75, 3.05) is 25.0 Å².